The lowest BCUT2D eigenvalue weighted by atomic mass is 10.0. The van der Waals surface area contributed by atoms with Crippen molar-refractivity contribution in [3.05, 3.63) is 40.5 Å². The van der Waals surface area contributed by atoms with Crippen LogP contribution in [0.2, 0.25) is 0 Å². The Kier molecular flexibility index (Phi) is 5.72. The third-order valence-corrected chi connectivity index (χ3v) is 7.69. The van der Waals surface area contributed by atoms with Crippen LogP contribution in [-0.4, -0.2) is 68.9 Å². The molecule has 0 aliphatic carbocycles. The largest absolute Gasteiger partial charge is 0.368 e. The summed E-state index contributed by atoms with van der Waals surface area (Å²) in [5.74, 6) is 0.563. The molecule has 1 atom stereocenters. The monoisotopic (exact) mass is 431 g/mol. The van der Waals surface area contributed by atoms with Gasteiger partial charge in [0.05, 0.1) is 0 Å². The Morgan fingerprint density at radius 2 is 1.87 bits per heavy atom. The molecule has 0 radical (unpaired) electrons. The van der Waals surface area contributed by atoms with E-state index in [4.69, 9.17) is 4.74 Å². The average Bonchev–Trinajstić information content (AvgIpc) is 3.23. The summed E-state index contributed by atoms with van der Waals surface area (Å²) in [4.78, 5) is 16.8. The van der Waals surface area contributed by atoms with Crippen LogP contribution in [0.3, 0.4) is 0 Å². The second kappa shape index (κ2) is 8.15. The van der Waals surface area contributed by atoms with Crippen molar-refractivity contribution in [2.24, 2.45) is 4.40 Å². The molecule has 7 nitrogen and oxygen atoms in total. The first-order valence-corrected chi connectivity index (χ1v) is 12.0. The number of sulfonamides is 1. The van der Waals surface area contributed by atoms with Gasteiger partial charge in [-0.25, -0.2) is 0 Å². The van der Waals surface area contributed by atoms with Gasteiger partial charge in [0.25, 0.3) is 15.9 Å². The number of ether oxygens (including phenoxy) is 1. The highest BCUT2D eigenvalue weighted by Crippen LogP contribution is 2.34. The van der Waals surface area contributed by atoms with Gasteiger partial charge in [0.15, 0.2) is 0 Å². The number of hydrogen-bond acceptors (Lipinski definition) is 5. The van der Waals surface area contributed by atoms with Gasteiger partial charge in [-0.1, -0.05) is 18.2 Å². The van der Waals surface area contributed by atoms with E-state index < -0.39 is 10.0 Å². The Hall–Kier alpha value is -2.19. The molecule has 8 heteroatoms. The van der Waals surface area contributed by atoms with Crippen LogP contribution >= 0.6 is 0 Å². The Bertz CT molecular complexity index is 1020. The van der Waals surface area contributed by atoms with E-state index in [2.05, 4.69) is 4.40 Å². The molecule has 0 saturated carbocycles. The smallest absolute Gasteiger partial charge is 0.285 e. The summed E-state index contributed by atoms with van der Waals surface area (Å²) in [7, 11) is -3.75. The quantitative estimate of drug-likeness (QED) is 0.719. The zero-order valence-corrected chi connectivity index (χ0v) is 18.7. The molecule has 1 aromatic rings. The van der Waals surface area contributed by atoms with Crippen LogP contribution in [0.4, 0.5) is 0 Å². The predicted octanol–water partition coefficient (Wildman–Crippen LogP) is 2.49. The summed E-state index contributed by atoms with van der Waals surface area (Å²) in [6.45, 7) is 8.89. The van der Waals surface area contributed by atoms with Crippen molar-refractivity contribution >= 4 is 26.7 Å². The highest BCUT2D eigenvalue weighted by molar-refractivity contribution is 8.00. The Balaban J connectivity index is 1.55. The summed E-state index contributed by atoms with van der Waals surface area (Å²) >= 11 is 0. The minimum Gasteiger partial charge on any atom is -0.368 e. The Morgan fingerprint density at radius 3 is 2.57 bits per heavy atom. The SMILES string of the molecule is CC1=C(c2ccc(C)c(C)c2)S(=O)(=O)N=C1N1CCCN(C(=O)[C@@H]2CCCO2)CC1. The molecular formula is C22H29N3O4S. The molecule has 3 aliphatic heterocycles. The van der Waals surface area contributed by atoms with Crippen LogP contribution < -0.4 is 0 Å². The fourth-order valence-corrected chi connectivity index (χ4v) is 5.87. The molecule has 0 N–H and O–H groups in total. The average molecular weight is 432 g/mol. The van der Waals surface area contributed by atoms with E-state index in [0.29, 0.717) is 49.8 Å². The molecule has 162 valence electrons. The van der Waals surface area contributed by atoms with Crippen LogP contribution in [0.15, 0.2) is 28.2 Å². The van der Waals surface area contributed by atoms with Crippen molar-refractivity contribution in [2.45, 2.75) is 46.1 Å². The molecule has 2 saturated heterocycles. The summed E-state index contributed by atoms with van der Waals surface area (Å²) in [5, 5.41) is 0. The number of hydrogen-bond donors (Lipinski definition) is 0. The van der Waals surface area contributed by atoms with Crippen LogP contribution in [-0.2, 0) is 19.6 Å². The lowest BCUT2D eigenvalue weighted by molar-refractivity contribution is -0.140. The third-order valence-electron chi connectivity index (χ3n) is 6.22. The van der Waals surface area contributed by atoms with E-state index in [1.54, 1.807) is 0 Å². The van der Waals surface area contributed by atoms with Crippen molar-refractivity contribution in [3.63, 3.8) is 0 Å². The number of aryl methyl sites for hydroxylation is 2. The van der Waals surface area contributed by atoms with Gasteiger partial charge < -0.3 is 14.5 Å². The number of amidine groups is 1. The number of benzene rings is 1. The van der Waals surface area contributed by atoms with Crippen molar-refractivity contribution in [2.75, 3.05) is 32.8 Å². The number of rotatable bonds is 2. The maximum atomic E-state index is 12.9. The minimum absolute atomic E-state index is 0.0541. The summed E-state index contributed by atoms with van der Waals surface area (Å²) in [6.07, 6.45) is 2.16. The number of nitrogens with zero attached hydrogens (tertiary/aromatic N) is 3. The maximum Gasteiger partial charge on any atom is 0.285 e. The Morgan fingerprint density at radius 1 is 1.07 bits per heavy atom. The molecule has 3 heterocycles. The third kappa shape index (κ3) is 3.90. The van der Waals surface area contributed by atoms with Crippen LogP contribution in [0.25, 0.3) is 4.91 Å². The van der Waals surface area contributed by atoms with E-state index in [1.165, 1.54) is 0 Å². The second-order valence-electron chi connectivity index (χ2n) is 8.31. The van der Waals surface area contributed by atoms with Crippen molar-refractivity contribution in [1.29, 1.82) is 0 Å². The molecule has 1 aromatic carbocycles. The highest BCUT2D eigenvalue weighted by Gasteiger charge is 2.35. The van der Waals surface area contributed by atoms with Gasteiger partial charge in [-0.15, -0.1) is 4.40 Å². The molecule has 0 unspecified atom stereocenters. The predicted molar refractivity (Wildman–Crippen MR) is 117 cm³/mol. The topological polar surface area (TPSA) is 79.3 Å². The second-order valence-corrected chi connectivity index (χ2v) is 9.85. The highest BCUT2D eigenvalue weighted by atomic mass is 32.2. The van der Waals surface area contributed by atoms with Gasteiger partial charge in [-0.3, -0.25) is 4.79 Å². The molecular weight excluding hydrogens is 402 g/mol. The number of carbonyl (C=O) groups is 1. The van der Waals surface area contributed by atoms with Crippen molar-refractivity contribution in [3.8, 4) is 0 Å². The Labute approximate surface area is 178 Å². The molecule has 0 spiro atoms. The molecule has 0 bridgehead atoms. The first-order chi connectivity index (χ1) is 14.3. The molecule has 3 aliphatic rings. The van der Waals surface area contributed by atoms with E-state index in [1.807, 2.05) is 48.8 Å². The zero-order chi connectivity index (χ0) is 21.5. The maximum absolute atomic E-state index is 12.9. The number of amides is 1. The summed E-state index contributed by atoms with van der Waals surface area (Å²) < 4.78 is 35.5. The lowest BCUT2D eigenvalue weighted by Crippen LogP contribution is -2.41. The van der Waals surface area contributed by atoms with E-state index in [9.17, 15) is 13.2 Å². The van der Waals surface area contributed by atoms with Gasteiger partial charge in [0.2, 0.25) is 0 Å². The summed E-state index contributed by atoms with van der Waals surface area (Å²) in [5.41, 5.74) is 3.53. The standard InChI is InChI=1S/C22H29N3O4S/c1-15-7-8-18(14-16(15)2)20-17(3)21(23-30(20,27)28)24-9-5-10-25(12-11-24)22(26)19-6-4-13-29-19/h7-8,14,19H,4-6,9-13H2,1-3H3/t19-/m0/s1. The van der Waals surface area contributed by atoms with E-state index in [0.717, 1.165) is 30.4 Å². The van der Waals surface area contributed by atoms with Gasteiger partial charge >= 0.3 is 0 Å². The zero-order valence-electron chi connectivity index (χ0n) is 17.8. The van der Waals surface area contributed by atoms with Crippen LogP contribution in [0.5, 0.6) is 0 Å². The van der Waals surface area contributed by atoms with Gasteiger partial charge in [-0.2, -0.15) is 8.42 Å². The first-order valence-electron chi connectivity index (χ1n) is 10.6. The fraction of sp³-hybridized carbons (Fsp3) is 0.545. The van der Waals surface area contributed by atoms with Gasteiger partial charge in [-0.05, 0) is 56.7 Å². The molecule has 0 aromatic heterocycles. The first kappa shape index (κ1) is 21.1. The van der Waals surface area contributed by atoms with Gasteiger partial charge in [0.1, 0.15) is 16.8 Å². The fourth-order valence-electron chi connectivity index (χ4n) is 4.39. The van der Waals surface area contributed by atoms with Crippen LogP contribution in [0, 0.1) is 13.8 Å². The molecule has 30 heavy (non-hydrogen) atoms. The van der Waals surface area contributed by atoms with Crippen molar-refractivity contribution < 1.29 is 17.9 Å². The summed E-state index contributed by atoms with van der Waals surface area (Å²) in [6, 6.07) is 5.70. The lowest BCUT2D eigenvalue weighted by Gasteiger charge is -2.25. The van der Waals surface area contributed by atoms with Crippen LogP contribution in [0.1, 0.15) is 42.9 Å². The normalized spacial score (nSPS) is 24.2. The molecule has 2 fully saturated rings. The molecule has 4 rings (SSSR count). The molecule has 1 amide bonds. The van der Waals surface area contributed by atoms with Gasteiger partial charge in [0, 0.05) is 38.4 Å². The number of carbonyl (C=O) groups excluding carboxylic acids is 1. The van der Waals surface area contributed by atoms with Crippen molar-refractivity contribution in [1.82, 2.24) is 9.80 Å². The van der Waals surface area contributed by atoms with E-state index >= 15 is 0 Å². The van der Waals surface area contributed by atoms with E-state index in [-0.39, 0.29) is 16.9 Å². The minimum atomic E-state index is -3.75.